The van der Waals surface area contributed by atoms with Crippen molar-refractivity contribution in [3.8, 4) is 0 Å². The van der Waals surface area contributed by atoms with Crippen molar-refractivity contribution in [1.82, 2.24) is 4.90 Å². The van der Waals surface area contributed by atoms with Crippen molar-refractivity contribution in [3.63, 3.8) is 0 Å². The second kappa shape index (κ2) is 6.39. The van der Waals surface area contributed by atoms with Gasteiger partial charge in [-0.3, -0.25) is 0 Å². The molecule has 2 heteroatoms. The van der Waals surface area contributed by atoms with Gasteiger partial charge in [0.2, 0.25) is 0 Å². The quantitative estimate of drug-likeness (QED) is 0.529. The smallest absolute Gasteiger partial charge is 0.127 e. The van der Waals surface area contributed by atoms with Crippen molar-refractivity contribution in [2.75, 3.05) is 13.1 Å². The fourth-order valence-corrected chi connectivity index (χ4v) is 2.81. The summed E-state index contributed by atoms with van der Waals surface area (Å²) in [7, 11) is 0. The molecule has 1 aliphatic rings. The molecule has 1 saturated carbocycles. The van der Waals surface area contributed by atoms with Crippen LogP contribution in [0.4, 0.5) is 0 Å². The minimum Gasteiger partial charge on any atom is -0.303 e. The van der Waals surface area contributed by atoms with Gasteiger partial charge in [0, 0.05) is 18.0 Å². The molecule has 0 saturated heterocycles. The van der Waals surface area contributed by atoms with E-state index in [0.29, 0.717) is 6.04 Å². The summed E-state index contributed by atoms with van der Waals surface area (Å²) in [6.07, 6.45) is 8.53. The van der Waals surface area contributed by atoms with E-state index in [1.54, 1.807) is 0 Å². The molecule has 0 unspecified atom stereocenters. The molecule has 0 N–H and O–H groups in total. The Bertz CT molecular complexity index is 205. The lowest BCUT2D eigenvalue weighted by molar-refractivity contribution is -0.118. The second-order valence-electron chi connectivity index (χ2n) is 5.55. The Morgan fingerprint density at radius 3 is 2.12 bits per heavy atom. The van der Waals surface area contributed by atoms with E-state index in [2.05, 4.69) is 25.7 Å². The lowest BCUT2D eigenvalue weighted by Gasteiger charge is -2.35. The molecule has 0 heterocycles. The van der Waals surface area contributed by atoms with Crippen LogP contribution < -0.4 is 0 Å². The summed E-state index contributed by atoms with van der Waals surface area (Å²) in [6, 6.07) is 0.546. The molecule has 1 rings (SSSR count). The van der Waals surface area contributed by atoms with Gasteiger partial charge in [-0.1, -0.05) is 32.6 Å². The molecule has 0 aromatic carbocycles. The van der Waals surface area contributed by atoms with Crippen LogP contribution >= 0.6 is 0 Å². The monoisotopic (exact) mass is 225 g/mol. The van der Waals surface area contributed by atoms with Crippen LogP contribution in [0.2, 0.25) is 0 Å². The molecule has 2 nitrogen and oxygen atoms in total. The number of hydrogen-bond donors (Lipinski definition) is 0. The summed E-state index contributed by atoms with van der Waals surface area (Å²) >= 11 is 0. The predicted molar refractivity (Wildman–Crippen MR) is 68.6 cm³/mol. The van der Waals surface area contributed by atoms with Gasteiger partial charge in [-0.2, -0.15) is 0 Å². The zero-order valence-corrected chi connectivity index (χ0v) is 11.2. The van der Waals surface area contributed by atoms with Crippen LogP contribution in [-0.2, 0) is 4.79 Å². The highest BCUT2D eigenvalue weighted by molar-refractivity contribution is 5.59. The van der Waals surface area contributed by atoms with Crippen molar-refractivity contribution in [3.05, 3.63) is 0 Å². The van der Waals surface area contributed by atoms with Crippen LogP contribution in [0, 0.1) is 5.41 Å². The van der Waals surface area contributed by atoms with Gasteiger partial charge in [0.25, 0.3) is 0 Å². The first-order valence-electron chi connectivity index (χ1n) is 6.84. The third-order valence-corrected chi connectivity index (χ3v) is 4.00. The highest BCUT2D eigenvalue weighted by Crippen LogP contribution is 2.34. The average Bonchev–Trinajstić information content (AvgIpc) is 2.51. The molecule has 0 spiro atoms. The SMILES string of the molecule is CCN(CC1(C=O)CCCCCC1)C(C)C. The topological polar surface area (TPSA) is 20.3 Å². The largest absolute Gasteiger partial charge is 0.303 e. The molecule has 16 heavy (non-hydrogen) atoms. The Morgan fingerprint density at radius 2 is 1.75 bits per heavy atom. The highest BCUT2D eigenvalue weighted by atomic mass is 16.1. The molecule has 0 aromatic heterocycles. The number of aldehydes is 1. The van der Waals surface area contributed by atoms with E-state index in [1.165, 1.54) is 32.0 Å². The third kappa shape index (κ3) is 3.58. The van der Waals surface area contributed by atoms with Crippen molar-refractivity contribution in [2.24, 2.45) is 5.41 Å². The van der Waals surface area contributed by atoms with Gasteiger partial charge >= 0.3 is 0 Å². The lowest BCUT2D eigenvalue weighted by Crippen LogP contribution is -2.42. The van der Waals surface area contributed by atoms with Gasteiger partial charge in [-0.05, 0) is 33.2 Å². The van der Waals surface area contributed by atoms with E-state index in [-0.39, 0.29) is 5.41 Å². The van der Waals surface area contributed by atoms with Gasteiger partial charge in [0.05, 0.1) is 0 Å². The van der Waals surface area contributed by atoms with E-state index in [9.17, 15) is 4.79 Å². The number of hydrogen-bond acceptors (Lipinski definition) is 2. The van der Waals surface area contributed by atoms with Gasteiger partial charge in [0.1, 0.15) is 6.29 Å². The van der Waals surface area contributed by atoms with Gasteiger partial charge in [-0.25, -0.2) is 0 Å². The molecule has 0 atom stereocenters. The van der Waals surface area contributed by atoms with Gasteiger partial charge in [-0.15, -0.1) is 0 Å². The molecular weight excluding hydrogens is 198 g/mol. The molecule has 0 aliphatic heterocycles. The minimum atomic E-state index is -0.0449. The van der Waals surface area contributed by atoms with Crippen LogP contribution in [0.25, 0.3) is 0 Å². The standard InChI is InChI=1S/C14H27NO/c1-4-15(13(2)3)11-14(12-16)9-7-5-6-8-10-14/h12-13H,4-11H2,1-3H3. The first-order chi connectivity index (χ1) is 7.63. The van der Waals surface area contributed by atoms with E-state index in [1.807, 2.05) is 0 Å². The second-order valence-corrected chi connectivity index (χ2v) is 5.55. The predicted octanol–water partition coefficient (Wildman–Crippen LogP) is 3.26. The Morgan fingerprint density at radius 1 is 1.19 bits per heavy atom. The Kier molecular flexibility index (Phi) is 5.47. The van der Waals surface area contributed by atoms with Crippen molar-refractivity contribution in [1.29, 1.82) is 0 Å². The van der Waals surface area contributed by atoms with Crippen LogP contribution in [0.3, 0.4) is 0 Å². The number of rotatable bonds is 5. The summed E-state index contributed by atoms with van der Waals surface area (Å²) in [4.78, 5) is 13.9. The molecule has 94 valence electrons. The normalized spacial score (nSPS) is 21.1. The number of nitrogens with zero attached hydrogens (tertiary/aromatic N) is 1. The van der Waals surface area contributed by atoms with Crippen LogP contribution in [0.5, 0.6) is 0 Å². The lowest BCUT2D eigenvalue weighted by atomic mass is 9.81. The maximum absolute atomic E-state index is 11.5. The minimum absolute atomic E-state index is 0.0449. The average molecular weight is 225 g/mol. The van der Waals surface area contributed by atoms with E-state index >= 15 is 0 Å². The molecule has 0 radical (unpaired) electrons. The Balaban J connectivity index is 2.66. The van der Waals surface area contributed by atoms with Crippen LogP contribution in [-0.4, -0.2) is 30.3 Å². The van der Waals surface area contributed by atoms with Gasteiger partial charge in [0.15, 0.2) is 0 Å². The summed E-state index contributed by atoms with van der Waals surface area (Å²) < 4.78 is 0. The maximum Gasteiger partial charge on any atom is 0.127 e. The van der Waals surface area contributed by atoms with Crippen molar-refractivity contribution in [2.45, 2.75) is 65.3 Å². The molecular formula is C14H27NO. The van der Waals surface area contributed by atoms with Crippen LogP contribution in [0.15, 0.2) is 0 Å². The number of carbonyl (C=O) groups is 1. The molecule has 0 amide bonds. The Labute approximate surface area is 100 Å². The van der Waals surface area contributed by atoms with Crippen LogP contribution in [0.1, 0.15) is 59.3 Å². The van der Waals surface area contributed by atoms with E-state index < -0.39 is 0 Å². The summed E-state index contributed by atoms with van der Waals surface area (Å²) in [6.45, 7) is 8.64. The Hall–Kier alpha value is -0.370. The van der Waals surface area contributed by atoms with Crippen molar-refractivity contribution < 1.29 is 4.79 Å². The summed E-state index contributed by atoms with van der Waals surface area (Å²) in [5.41, 5.74) is -0.0449. The molecule has 0 aromatic rings. The van der Waals surface area contributed by atoms with E-state index in [0.717, 1.165) is 25.9 Å². The van der Waals surface area contributed by atoms with Crippen molar-refractivity contribution >= 4 is 6.29 Å². The van der Waals surface area contributed by atoms with Gasteiger partial charge < -0.3 is 9.69 Å². The molecule has 1 aliphatic carbocycles. The summed E-state index contributed by atoms with van der Waals surface area (Å²) in [5, 5.41) is 0. The zero-order chi connectivity index (χ0) is 12.0. The zero-order valence-electron chi connectivity index (χ0n) is 11.2. The fourth-order valence-electron chi connectivity index (χ4n) is 2.81. The first kappa shape index (κ1) is 13.7. The summed E-state index contributed by atoms with van der Waals surface area (Å²) in [5.74, 6) is 0. The molecule has 1 fully saturated rings. The third-order valence-electron chi connectivity index (χ3n) is 4.00. The fraction of sp³-hybridized carbons (Fsp3) is 0.929. The highest BCUT2D eigenvalue weighted by Gasteiger charge is 2.32. The number of carbonyl (C=O) groups excluding carboxylic acids is 1. The first-order valence-corrected chi connectivity index (χ1v) is 6.84. The molecule has 0 bridgehead atoms. The van der Waals surface area contributed by atoms with E-state index in [4.69, 9.17) is 0 Å². The maximum atomic E-state index is 11.5.